The number of aromatic amines is 1. The number of rotatable bonds is 10. The molecule has 5 aromatic rings. The third kappa shape index (κ3) is 7.35. The van der Waals surface area contributed by atoms with Crippen molar-refractivity contribution in [2.24, 2.45) is 0 Å². The molecule has 0 aliphatic heterocycles. The summed E-state index contributed by atoms with van der Waals surface area (Å²) < 4.78 is 28.2. The second-order valence-corrected chi connectivity index (χ2v) is 13.5. The van der Waals surface area contributed by atoms with Crippen LogP contribution in [0.5, 0.6) is 0 Å². The van der Waals surface area contributed by atoms with Gasteiger partial charge < -0.3 is 10.3 Å². The predicted molar refractivity (Wildman–Crippen MR) is 176 cm³/mol. The van der Waals surface area contributed by atoms with Crippen molar-refractivity contribution >= 4 is 39.3 Å². The smallest absolute Gasteiger partial charge is 0.264 e. The minimum atomic E-state index is -3.91. The van der Waals surface area contributed by atoms with Crippen molar-refractivity contribution in [2.75, 3.05) is 10.0 Å². The number of hydrogen-bond acceptors (Lipinski definition) is 7. The van der Waals surface area contributed by atoms with Gasteiger partial charge >= 0.3 is 0 Å². The van der Waals surface area contributed by atoms with Gasteiger partial charge in [0.05, 0.1) is 21.5 Å². The fourth-order valence-corrected chi connectivity index (χ4v) is 6.46. The Kier molecular flexibility index (Phi) is 9.17. The molecule has 9 nitrogen and oxygen atoms in total. The molecule has 0 saturated carbocycles. The first-order valence-electron chi connectivity index (χ1n) is 14.2. The van der Waals surface area contributed by atoms with Crippen LogP contribution < -0.4 is 10.0 Å². The summed E-state index contributed by atoms with van der Waals surface area (Å²) in [5.41, 5.74) is 7.84. The van der Waals surface area contributed by atoms with E-state index in [1.165, 1.54) is 29.5 Å². The van der Waals surface area contributed by atoms with E-state index >= 15 is 0 Å². The van der Waals surface area contributed by atoms with E-state index < -0.39 is 15.3 Å². The molecule has 0 aliphatic rings. The third-order valence-corrected chi connectivity index (χ3v) is 9.50. The van der Waals surface area contributed by atoms with Crippen LogP contribution in [0.2, 0.25) is 0 Å². The molecule has 0 saturated heterocycles. The van der Waals surface area contributed by atoms with Crippen LogP contribution in [0.25, 0.3) is 22.5 Å². The van der Waals surface area contributed by atoms with Crippen LogP contribution in [-0.4, -0.2) is 39.5 Å². The Morgan fingerprint density at radius 3 is 1.95 bits per heavy atom. The largest absolute Gasteiger partial charge is 0.332 e. The molecule has 3 aromatic carbocycles. The molecule has 2 aromatic heterocycles. The number of aromatic nitrogens is 4. The van der Waals surface area contributed by atoms with Crippen molar-refractivity contribution in [3.05, 3.63) is 101 Å². The number of nitrogens with zero attached hydrogens (tertiary/aromatic N) is 3. The minimum absolute atomic E-state index is 0.0108. The number of thioether (sulfide) groups is 1. The summed E-state index contributed by atoms with van der Waals surface area (Å²) >= 11 is 1.36. The quantitative estimate of drug-likeness (QED) is 0.141. The summed E-state index contributed by atoms with van der Waals surface area (Å²) in [5, 5.41) is 3.11. The highest BCUT2D eigenvalue weighted by molar-refractivity contribution is 8.00. The highest BCUT2D eigenvalue weighted by Crippen LogP contribution is 2.35. The first-order valence-corrected chi connectivity index (χ1v) is 16.5. The lowest BCUT2D eigenvalue weighted by Gasteiger charge is -2.14. The van der Waals surface area contributed by atoms with Gasteiger partial charge in [-0.15, -0.1) is 0 Å². The van der Waals surface area contributed by atoms with E-state index in [9.17, 15) is 13.2 Å². The van der Waals surface area contributed by atoms with Crippen molar-refractivity contribution < 1.29 is 13.2 Å². The average molecular weight is 627 g/mol. The van der Waals surface area contributed by atoms with Crippen molar-refractivity contribution in [3.8, 4) is 22.5 Å². The van der Waals surface area contributed by atoms with Gasteiger partial charge in [-0.25, -0.2) is 28.1 Å². The predicted octanol–water partition coefficient (Wildman–Crippen LogP) is 7.08. The van der Waals surface area contributed by atoms with Crippen LogP contribution in [0.3, 0.4) is 0 Å². The molecule has 5 rings (SSSR count). The lowest BCUT2D eigenvalue weighted by Crippen LogP contribution is -2.24. The molecule has 1 amide bonds. The van der Waals surface area contributed by atoms with Gasteiger partial charge in [0.2, 0.25) is 11.9 Å². The number of anilines is 2. The Bertz CT molecular complexity index is 1800. The maximum atomic E-state index is 13.3. The Morgan fingerprint density at radius 2 is 1.39 bits per heavy atom. The topological polar surface area (TPSA) is 130 Å². The monoisotopic (exact) mass is 626 g/mol. The molecule has 0 bridgehead atoms. The summed E-state index contributed by atoms with van der Waals surface area (Å²) in [6.45, 7) is 9.57. The average Bonchev–Trinajstić information content (AvgIpc) is 3.40. The van der Waals surface area contributed by atoms with Gasteiger partial charge in [0.1, 0.15) is 0 Å². The van der Waals surface area contributed by atoms with Crippen LogP contribution in [-0.2, 0) is 14.8 Å². The highest BCUT2D eigenvalue weighted by atomic mass is 32.2. The molecule has 226 valence electrons. The Labute approximate surface area is 262 Å². The van der Waals surface area contributed by atoms with Gasteiger partial charge in [0.25, 0.3) is 10.0 Å². The number of benzene rings is 3. The normalized spacial score (nSPS) is 12.1. The number of carbonyl (C=O) groups is 1. The summed E-state index contributed by atoms with van der Waals surface area (Å²) in [7, 11) is -3.91. The first kappa shape index (κ1) is 31.0. The molecule has 0 fully saturated rings. The van der Waals surface area contributed by atoms with E-state index in [1.807, 2.05) is 20.8 Å². The summed E-state index contributed by atoms with van der Waals surface area (Å²) in [5.74, 6) is -0.197. The zero-order valence-corrected chi connectivity index (χ0v) is 26.8. The summed E-state index contributed by atoms with van der Waals surface area (Å²) in [6, 6.07) is 24.2. The maximum absolute atomic E-state index is 13.3. The van der Waals surface area contributed by atoms with Crippen LogP contribution in [0.4, 0.5) is 11.6 Å². The number of carbonyl (C=O) groups excluding carboxylic acids is 1. The first-order chi connectivity index (χ1) is 21.0. The van der Waals surface area contributed by atoms with Gasteiger partial charge in [-0.1, -0.05) is 78.3 Å². The Hall–Kier alpha value is -4.48. The number of sulfonamides is 1. The number of hydrogen-bond donors (Lipinski definition) is 3. The van der Waals surface area contributed by atoms with Gasteiger partial charge in [-0.05, 0) is 64.4 Å². The zero-order valence-electron chi connectivity index (χ0n) is 25.2. The lowest BCUT2D eigenvalue weighted by molar-refractivity contribution is -0.115. The van der Waals surface area contributed by atoms with Crippen LogP contribution in [0, 0.1) is 27.7 Å². The van der Waals surface area contributed by atoms with Crippen LogP contribution in [0.15, 0.2) is 88.9 Å². The van der Waals surface area contributed by atoms with Gasteiger partial charge in [0, 0.05) is 28.2 Å². The van der Waals surface area contributed by atoms with Crippen molar-refractivity contribution in [1.82, 2.24) is 19.9 Å². The minimum Gasteiger partial charge on any atom is -0.332 e. The molecule has 11 heteroatoms. The fourth-order valence-electron chi connectivity index (χ4n) is 4.60. The number of H-pyrrole nitrogens is 1. The molecule has 44 heavy (non-hydrogen) atoms. The molecule has 1 atom stereocenters. The van der Waals surface area contributed by atoms with Crippen molar-refractivity contribution in [2.45, 2.75) is 56.3 Å². The molecular formula is C33H34N6O3S2. The molecule has 0 spiro atoms. The van der Waals surface area contributed by atoms with E-state index in [0.717, 1.165) is 28.1 Å². The molecule has 1 unspecified atom stereocenters. The van der Waals surface area contributed by atoms with Gasteiger partial charge in [0.15, 0.2) is 5.16 Å². The van der Waals surface area contributed by atoms with E-state index in [0.29, 0.717) is 28.7 Å². The maximum Gasteiger partial charge on any atom is 0.264 e. The van der Waals surface area contributed by atoms with Crippen LogP contribution >= 0.6 is 11.8 Å². The van der Waals surface area contributed by atoms with Crippen molar-refractivity contribution in [3.63, 3.8) is 0 Å². The van der Waals surface area contributed by atoms with E-state index in [4.69, 9.17) is 4.98 Å². The number of nitrogens with one attached hydrogen (secondary N) is 3. The lowest BCUT2D eigenvalue weighted by atomic mass is 10.0. The van der Waals surface area contributed by atoms with Gasteiger partial charge in [-0.3, -0.25) is 4.79 Å². The van der Waals surface area contributed by atoms with Gasteiger partial charge in [-0.2, -0.15) is 0 Å². The molecule has 2 heterocycles. The number of imidazole rings is 1. The Morgan fingerprint density at radius 1 is 0.818 bits per heavy atom. The second-order valence-electron chi connectivity index (χ2n) is 10.6. The van der Waals surface area contributed by atoms with E-state index in [2.05, 4.69) is 73.5 Å². The molecule has 0 radical (unpaired) electrons. The summed E-state index contributed by atoms with van der Waals surface area (Å²) in [4.78, 5) is 30.0. The summed E-state index contributed by atoms with van der Waals surface area (Å²) in [6.07, 6.45) is 0.559. The Balaban J connectivity index is 1.32. The van der Waals surface area contributed by atoms with Crippen LogP contribution in [0.1, 0.15) is 35.9 Å². The molecule has 0 aliphatic carbocycles. The number of amides is 1. The molecule has 3 N–H and O–H groups in total. The van der Waals surface area contributed by atoms with Crippen molar-refractivity contribution in [1.29, 1.82) is 0 Å². The van der Waals surface area contributed by atoms with E-state index in [-0.39, 0.29) is 16.8 Å². The third-order valence-electron chi connectivity index (χ3n) is 6.90. The fraction of sp³-hybridized carbons (Fsp3) is 0.212. The standard InChI is InChI=1S/C33H34N6O3S2/c1-6-28(31(40)36-26-15-17-27(18-16-26)44(41,42)39-32-34-22(4)19-23(5)35-32)43-33-37-29(24-11-7-20(2)8-12-24)30(38-33)25-13-9-21(3)10-14-25/h7-19,28H,6H2,1-5H3,(H,36,40)(H,37,38)(H,34,35,39). The van der Waals surface area contributed by atoms with E-state index in [1.54, 1.807) is 32.0 Å². The highest BCUT2D eigenvalue weighted by Gasteiger charge is 2.23. The second kappa shape index (κ2) is 13.0. The number of aryl methyl sites for hydroxylation is 4. The SMILES string of the molecule is CCC(Sc1nc(-c2ccc(C)cc2)c(-c2ccc(C)cc2)[nH]1)C(=O)Nc1ccc(S(=O)(=O)Nc2nc(C)cc(C)n2)cc1. The zero-order chi connectivity index (χ0) is 31.4. The molecular weight excluding hydrogens is 593 g/mol.